The Balaban J connectivity index is 1.46. The number of carbonyl (C=O) groups is 1. The van der Waals surface area contributed by atoms with Crippen LogP contribution in [0.4, 0.5) is 0 Å². The summed E-state index contributed by atoms with van der Waals surface area (Å²) in [4.78, 5) is 27.1. The van der Waals surface area contributed by atoms with E-state index >= 15 is 0 Å². The van der Waals surface area contributed by atoms with Gasteiger partial charge in [-0.05, 0) is 12.1 Å². The Morgan fingerprint density at radius 2 is 2.14 bits per heavy atom. The van der Waals surface area contributed by atoms with Gasteiger partial charge in [0.25, 0.3) is 0 Å². The molecule has 3 rings (SSSR count). The van der Waals surface area contributed by atoms with E-state index in [-0.39, 0.29) is 12.0 Å². The molecule has 0 saturated carbocycles. The number of likely N-dealkylation sites (tertiary alicyclic amines) is 1. The Morgan fingerprint density at radius 3 is 2.91 bits per heavy atom. The lowest BCUT2D eigenvalue weighted by Gasteiger charge is -2.16. The van der Waals surface area contributed by atoms with Crippen LogP contribution >= 0.6 is 11.8 Å². The lowest BCUT2D eigenvalue weighted by atomic mass is 10.3. The van der Waals surface area contributed by atoms with Crippen molar-refractivity contribution < 1.29 is 9.53 Å². The summed E-state index contributed by atoms with van der Waals surface area (Å²) in [5, 5.41) is 0. The number of ether oxygens (including phenoxy) is 1. The summed E-state index contributed by atoms with van der Waals surface area (Å²) in [7, 11) is 0. The van der Waals surface area contributed by atoms with Gasteiger partial charge in [-0.15, -0.1) is 11.8 Å². The number of amides is 1. The Bertz CT molecular complexity index is 611. The van der Waals surface area contributed by atoms with Gasteiger partial charge in [0, 0.05) is 42.6 Å². The van der Waals surface area contributed by atoms with Crippen molar-refractivity contribution in [3.05, 3.63) is 43.1 Å². The summed E-state index contributed by atoms with van der Waals surface area (Å²) in [6.45, 7) is 1.33. The highest BCUT2D eigenvalue weighted by molar-refractivity contribution is 8.00. The third-order valence-electron chi connectivity index (χ3n) is 3.34. The van der Waals surface area contributed by atoms with Crippen LogP contribution in [0.25, 0.3) is 0 Å². The largest absolute Gasteiger partial charge is 0.471 e. The number of hydrogen-bond acceptors (Lipinski definition) is 6. The van der Waals surface area contributed by atoms with Crippen LogP contribution in [0.5, 0.6) is 5.88 Å². The topological polar surface area (TPSA) is 68.2 Å². The first kappa shape index (κ1) is 14.8. The molecule has 6 nitrogen and oxygen atoms in total. The van der Waals surface area contributed by atoms with Crippen molar-refractivity contribution in [1.82, 2.24) is 19.9 Å². The Morgan fingerprint density at radius 1 is 1.27 bits per heavy atom. The molecular weight excluding hydrogens is 300 g/mol. The zero-order valence-electron chi connectivity index (χ0n) is 12.0. The van der Waals surface area contributed by atoms with E-state index in [1.807, 2.05) is 17.0 Å². The average molecular weight is 316 g/mol. The molecule has 7 heteroatoms. The number of aromatic nitrogens is 3. The van der Waals surface area contributed by atoms with Gasteiger partial charge in [0.2, 0.25) is 11.8 Å². The molecule has 1 unspecified atom stereocenters. The van der Waals surface area contributed by atoms with Crippen LogP contribution in [0.15, 0.2) is 48.0 Å². The summed E-state index contributed by atoms with van der Waals surface area (Å²) in [5.41, 5.74) is 0. The lowest BCUT2D eigenvalue weighted by molar-refractivity contribution is -0.127. The lowest BCUT2D eigenvalue weighted by Crippen LogP contribution is -2.32. The van der Waals surface area contributed by atoms with Crippen molar-refractivity contribution in [3.8, 4) is 5.88 Å². The third-order valence-corrected chi connectivity index (χ3v) is 4.33. The maximum Gasteiger partial charge on any atom is 0.233 e. The van der Waals surface area contributed by atoms with Crippen LogP contribution in [0.1, 0.15) is 6.42 Å². The highest BCUT2D eigenvalue weighted by Gasteiger charge is 2.27. The minimum absolute atomic E-state index is 0.00780. The molecule has 0 aliphatic carbocycles. The Hall–Kier alpha value is -2.15. The first-order valence-corrected chi connectivity index (χ1v) is 8.03. The van der Waals surface area contributed by atoms with E-state index in [0.717, 1.165) is 17.9 Å². The van der Waals surface area contributed by atoms with Crippen molar-refractivity contribution in [2.24, 2.45) is 0 Å². The van der Waals surface area contributed by atoms with Crippen LogP contribution in [0.3, 0.4) is 0 Å². The summed E-state index contributed by atoms with van der Waals surface area (Å²) >= 11 is 1.53. The number of nitrogens with zero attached hydrogens (tertiary/aromatic N) is 4. The van der Waals surface area contributed by atoms with Crippen LogP contribution in [-0.4, -0.2) is 50.7 Å². The molecule has 0 N–H and O–H groups in total. The van der Waals surface area contributed by atoms with E-state index in [1.165, 1.54) is 11.8 Å². The number of hydrogen-bond donors (Lipinski definition) is 0. The zero-order chi connectivity index (χ0) is 15.2. The molecular formula is C15H16N4O2S. The van der Waals surface area contributed by atoms with Crippen LogP contribution in [0.2, 0.25) is 0 Å². The van der Waals surface area contributed by atoms with E-state index in [1.54, 1.807) is 31.0 Å². The van der Waals surface area contributed by atoms with Gasteiger partial charge >= 0.3 is 0 Å². The van der Waals surface area contributed by atoms with Crippen molar-refractivity contribution in [1.29, 1.82) is 0 Å². The van der Waals surface area contributed by atoms with Gasteiger partial charge in [-0.25, -0.2) is 4.98 Å². The maximum atomic E-state index is 12.2. The van der Waals surface area contributed by atoms with E-state index < -0.39 is 0 Å². The van der Waals surface area contributed by atoms with E-state index in [4.69, 9.17) is 4.74 Å². The quantitative estimate of drug-likeness (QED) is 0.781. The summed E-state index contributed by atoms with van der Waals surface area (Å²) in [6.07, 6.45) is 9.06. The molecule has 1 aliphatic heterocycles. The van der Waals surface area contributed by atoms with Gasteiger partial charge in [-0.2, -0.15) is 0 Å². The molecule has 1 aliphatic rings. The fraction of sp³-hybridized carbons (Fsp3) is 0.333. The first-order valence-electron chi connectivity index (χ1n) is 7.04. The minimum atomic E-state index is -0.00780. The SMILES string of the molecule is O=C(CSc1ccncc1)N1CCC(Oc2cnccn2)C1. The molecule has 1 amide bonds. The van der Waals surface area contributed by atoms with Gasteiger partial charge in [0.15, 0.2) is 0 Å². The standard InChI is InChI=1S/C15H16N4O2S/c20-15(11-22-13-1-4-16-5-2-13)19-8-3-12(10-19)21-14-9-17-6-7-18-14/h1-2,4-7,9,12H,3,8,10-11H2. The number of thioether (sulfide) groups is 1. The second kappa shape index (κ2) is 7.22. The Kier molecular flexibility index (Phi) is 4.85. The molecule has 114 valence electrons. The molecule has 2 aromatic rings. The predicted molar refractivity (Wildman–Crippen MR) is 82.6 cm³/mol. The van der Waals surface area contributed by atoms with Crippen molar-refractivity contribution >= 4 is 17.7 Å². The molecule has 22 heavy (non-hydrogen) atoms. The normalized spacial score (nSPS) is 17.5. The monoisotopic (exact) mass is 316 g/mol. The van der Waals surface area contributed by atoms with Crippen LogP contribution in [0, 0.1) is 0 Å². The van der Waals surface area contributed by atoms with Gasteiger partial charge in [0.05, 0.1) is 18.5 Å². The molecule has 1 fully saturated rings. The van der Waals surface area contributed by atoms with E-state index in [9.17, 15) is 4.79 Å². The number of carbonyl (C=O) groups excluding carboxylic acids is 1. The van der Waals surface area contributed by atoms with Crippen molar-refractivity contribution in [3.63, 3.8) is 0 Å². The number of pyridine rings is 1. The molecule has 2 aromatic heterocycles. The predicted octanol–water partition coefficient (Wildman–Crippen LogP) is 1.64. The minimum Gasteiger partial charge on any atom is -0.471 e. The second-order valence-electron chi connectivity index (χ2n) is 4.88. The molecule has 1 saturated heterocycles. The summed E-state index contributed by atoms with van der Waals surface area (Å²) < 4.78 is 5.74. The van der Waals surface area contributed by atoms with Gasteiger partial charge < -0.3 is 9.64 Å². The fourth-order valence-corrected chi connectivity index (χ4v) is 3.03. The van der Waals surface area contributed by atoms with Crippen molar-refractivity contribution in [2.45, 2.75) is 17.4 Å². The highest BCUT2D eigenvalue weighted by Crippen LogP contribution is 2.20. The van der Waals surface area contributed by atoms with Gasteiger partial charge in [-0.1, -0.05) is 0 Å². The Labute approximate surface area is 132 Å². The maximum absolute atomic E-state index is 12.2. The van der Waals surface area contributed by atoms with Crippen LogP contribution < -0.4 is 4.74 Å². The number of rotatable bonds is 5. The first-order chi connectivity index (χ1) is 10.8. The summed E-state index contributed by atoms with van der Waals surface area (Å²) in [5.74, 6) is 1.07. The molecule has 3 heterocycles. The average Bonchev–Trinajstić information content (AvgIpc) is 3.03. The molecule has 0 aromatic carbocycles. The van der Waals surface area contributed by atoms with Gasteiger partial charge in [-0.3, -0.25) is 14.8 Å². The molecule has 0 radical (unpaired) electrons. The fourth-order valence-electron chi connectivity index (χ4n) is 2.24. The zero-order valence-corrected chi connectivity index (χ0v) is 12.8. The third kappa shape index (κ3) is 3.94. The smallest absolute Gasteiger partial charge is 0.233 e. The van der Waals surface area contributed by atoms with Gasteiger partial charge in [0.1, 0.15) is 6.10 Å². The van der Waals surface area contributed by atoms with E-state index in [2.05, 4.69) is 15.0 Å². The second-order valence-corrected chi connectivity index (χ2v) is 5.93. The van der Waals surface area contributed by atoms with E-state index in [0.29, 0.717) is 18.2 Å². The van der Waals surface area contributed by atoms with Crippen molar-refractivity contribution in [2.75, 3.05) is 18.8 Å². The summed E-state index contributed by atoms with van der Waals surface area (Å²) in [6, 6.07) is 3.81. The molecule has 1 atom stereocenters. The molecule has 0 spiro atoms. The highest BCUT2D eigenvalue weighted by atomic mass is 32.2. The van der Waals surface area contributed by atoms with Crippen LogP contribution in [-0.2, 0) is 4.79 Å². The molecule has 0 bridgehead atoms.